The molecule has 3 nitrogen and oxygen atoms in total. The maximum absolute atomic E-state index is 5.21. The zero-order valence-corrected chi connectivity index (χ0v) is 5.75. The molecule has 0 fully saturated rings. The van der Waals surface area contributed by atoms with E-state index in [1.54, 1.807) is 0 Å². The smallest absolute Gasteiger partial charge is 0.0182 e. The number of nitrogens with two attached hydrogens (primary N) is 1. The van der Waals surface area contributed by atoms with Crippen molar-refractivity contribution in [3.05, 3.63) is 0 Å². The average molecular weight is 135 g/mol. The second kappa shape index (κ2) is 7.23. The van der Waals surface area contributed by atoms with Gasteiger partial charge < -0.3 is 11.1 Å². The van der Waals surface area contributed by atoms with E-state index in [1.807, 2.05) is 0 Å². The van der Waals surface area contributed by atoms with Crippen molar-refractivity contribution < 1.29 is 0 Å². The maximum Gasteiger partial charge on any atom is 0.0182 e. The van der Waals surface area contributed by atoms with E-state index in [9.17, 15) is 0 Å². The summed E-state index contributed by atoms with van der Waals surface area (Å²) in [6, 6.07) is 0. The van der Waals surface area contributed by atoms with E-state index in [-0.39, 0.29) is 0 Å². The molecule has 4 N–H and O–H groups in total. The molecule has 0 amide bonds. The molecule has 0 saturated carbocycles. The molecule has 0 aliphatic carbocycles. The number of hydrogen-bond acceptors (Lipinski definition) is 4. The normalized spacial score (nSPS) is 9.75. The van der Waals surface area contributed by atoms with Crippen molar-refractivity contribution in [1.29, 1.82) is 0 Å². The second-order valence-corrected chi connectivity index (χ2v) is 1.76. The molecule has 0 unspecified atom stereocenters. The minimum Gasteiger partial charge on any atom is -0.329 e. The molecule has 0 saturated heterocycles. The van der Waals surface area contributed by atoms with Crippen LogP contribution >= 0.6 is 12.8 Å². The highest BCUT2D eigenvalue weighted by Crippen LogP contribution is 1.58. The van der Waals surface area contributed by atoms with E-state index in [1.165, 1.54) is 0 Å². The summed E-state index contributed by atoms with van der Waals surface area (Å²) in [5.41, 5.74) is 5.21. The highest BCUT2D eigenvalue weighted by atomic mass is 32.1. The van der Waals surface area contributed by atoms with Crippen molar-refractivity contribution >= 4 is 12.8 Å². The van der Waals surface area contributed by atoms with Crippen LogP contribution in [-0.4, -0.2) is 26.2 Å². The van der Waals surface area contributed by atoms with Crippen LogP contribution in [-0.2, 0) is 0 Å². The molecule has 0 rings (SSSR count). The zero-order valence-electron chi connectivity index (χ0n) is 4.85. The fourth-order valence-electron chi connectivity index (χ4n) is 0.371. The van der Waals surface area contributed by atoms with Crippen molar-refractivity contribution in [2.75, 3.05) is 26.2 Å². The second-order valence-electron chi connectivity index (χ2n) is 1.45. The lowest BCUT2D eigenvalue weighted by Crippen LogP contribution is -2.27. The zero-order chi connectivity index (χ0) is 6.24. The van der Waals surface area contributed by atoms with E-state index in [0.29, 0.717) is 6.54 Å². The van der Waals surface area contributed by atoms with Gasteiger partial charge in [-0.1, -0.05) is 12.8 Å². The summed E-state index contributed by atoms with van der Waals surface area (Å²) < 4.78 is 2.72. The first-order valence-corrected chi connectivity index (χ1v) is 3.14. The third kappa shape index (κ3) is 6.23. The molecule has 0 spiro atoms. The van der Waals surface area contributed by atoms with Crippen LogP contribution in [0.2, 0.25) is 0 Å². The van der Waals surface area contributed by atoms with Crippen LogP contribution in [0.25, 0.3) is 0 Å². The van der Waals surface area contributed by atoms with Crippen LogP contribution in [0.15, 0.2) is 0 Å². The van der Waals surface area contributed by atoms with Crippen LogP contribution in [0.1, 0.15) is 0 Å². The van der Waals surface area contributed by atoms with Gasteiger partial charge in [0.25, 0.3) is 0 Å². The Morgan fingerprint density at radius 2 is 2.00 bits per heavy atom. The van der Waals surface area contributed by atoms with Gasteiger partial charge in [-0.15, -0.1) is 0 Å². The Bertz CT molecular complexity index is 36.3. The quantitative estimate of drug-likeness (QED) is 0.288. The molecule has 0 aromatic carbocycles. The van der Waals surface area contributed by atoms with Crippen molar-refractivity contribution in [1.82, 2.24) is 10.0 Å². The predicted molar refractivity (Wildman–Crippen MR) is 38.9 cm³/mol. The summed E-state index contributed by atoms with van der Waals surface area (Å²) in [7, 11) is 0. The summed E-state index contributed by atoms with van der Waals surface area (Å²) in [6.45, 7) is 3.39. The summed E-state index contributed by atoms with van der Waals surface area (Å²) in [4.78, 5) is 0. The first kappa shape index (κ1) is 8.23. The minimum absolute atomic E-state index is 0.701. The largest absolute Gasteiger partial charge is 0.329 e. The van der Waals surface area contributed by atoms with Crippen molar-refractivity contribution in [3.8, 4) is 0 Å². The Balaban J connectivity index is 2.53. The van der Waals surface area contributed by atoms with E-state index in [2.05, 4.69) is 22.9 Å². The van der Waals surface area contributed by atoms with Gasteiger partial charge in [-0.05, 0) is 0 Å². The third-order valence-electron chi connectivity index (χ3n) is 0.735. The molecular formula is C4H13N3S. The molecule has 0 heterocycles. The molecule has 8 heavy (non-hydrogen) atoms. The highest BCUT2D eigenvalue weighted by molar-refractivity contribution is 7.78. The number of thiol groups is 1. The highest BCUT2D eigenvalue weighted by Gasteiger charge is 1.79. The fraction of sp³-hybridized carbons (Fsp3) is 1.00. The van der Waals surface area contributed by atoms with E-state index >= 15 is 0 Å². The van der Waals surface area contributed by atoms with Gasteiger partial charge in [0.15, 0.2) is 0 Å². The monoisotopic (exact) mass is 135 g/mol. The summed E-state index contributed by atoms with van der Waals surface area (Å²) in [5.74, 6) is 0. The van der Waals surface area contributed by atoms with E-state index < -0.39 is 0 Å². The van der Waals surface area contributed by atoms with E-state index in [0.717, 1.165) is 19.6 Å². The standard InChI is InChI=1S/C4H13N3S/c5-1-2-6-3-4-7-8/h6-8H,1-5H2. The van der Waals surface area contributed by atoms with Gasteiger partial charge in [0.1, 0.15) is 0 Å². The van der Waals surface area contributed by atoms with Gasteiger partial charge in [-0.3, -0.25) is 4.72 Å². The summed E-state index contributed by atoms with van der Waals surface area (Å²) >= 11 is 3.80. The molecular weight excluding hydrogens is 122 g/mol. The van der Waals surface area contributed by atoms with Crippen molar-refractivity contribution in [3.63, 3.8) is 0 Å². The molecule has 0 atom stereocenters. The molecule has 0 aliphatic heterocycles. The molecule has 0 aromatic rings. The van der Waals surface area contributed by atoms with Crippen molar-refractivity contribution in [2.45, 2.75) is 0 Å². The Morgan fingerprint density at radius 3 is 2.50 bits per heavy atom. The van der Waals surface area contributed by atoms with Gasteiger partial charge >= 0.3 is 0 Å². The Hall–Kier alpha value is 0.230. The van der Waals surface area contributed by atoms with Crippen LogP contribution in [0, 0.1) is 0 Å². The van der Waals surface area contributed by atoms with Gasteiger partial charge in [0, 0.05) is 26.2 Å². The topological polar surface area (TPSA) is 50.1 Å². The number of rotatable bonds is 5. The predicted octanol–water partition coefficient (Wildman–Crippen LogP) is -1.03. The Kier molecular flexibility index (Phi) is 7.44. The lowest BCUT2D eigenvalue weighted by Gasteiger charge is -1.98. The van der Waals surface area contributed by atoms with Gasteiger partial charge in [0.2, 0.25) is 0 Å². The third-order valence-corrected chi connectivity index (χ3v) is 0.958. The first-order chi connectivity index (χ1) is 3.91. The lowest BCUT2D eigenvalue weighted by molar-refractivity contribution is 0.685. The summed E-state index contributed by atoms with van der Waals surface area (Å²) in [6.07, 6.45) is 0. The fourth-order valence-corrected chi connectivity index (χ4v) is 0.483. The average Bonchev–Trinajstić information content (AvgIpc) is 1.81. The molecule has 50 valence electrons. The Labute approximate surface area is 55.6 Å². The molecule has 0 bridgehead atoms. The number of hydrogen-bond donors (Lipinski definition) is 4. The van der Waals surface area contributed by atoms with Gasteiger partial charge in [0.05, 0.1) is 0 Å². The van der Waals surface area contributed by atoms with Gasteiger partial charge in [-0.25, -0.2) is 0 Å². The van der Waals surface area contributed by atoms with E-state index in [4.69, 9.17) is 5.73 Å². The first-order valence-electron chi connectivity index (χ1n) is 2.69. The van der Waals surface area contributed by atoms with Crippen LogP contribution in [0.3, 0.4) is 0 Å². The number of nitrogens with one attached hydrogen (secondary N) is 2. The van der Waals surface area contributed by atoms with Crippen LogP contribution in [0.5, 0.6) is 0 Å². The van der Waals surface area contributed by atoms with Crippen molar-refractivity contribution in [2.24, 2.45) is 5.73 Å². The van der Waals surface area contributed by atoms with Gasteiger partial charge in [-0.2, -0.15) is 0 Å². The SMILES string of the molecule is NCCNCCNS. The molecule has 0 aromatic heterocycles. The lowest BCUT2D eigenvalue weighted by atomic mass is 10.6. The maximum atomic E-state index is 5.21. The summed E-state index contributed by atoms with van der Waals surface area (Å²) in [5, 5.41) is 3.10. The molecule has 4 heteroatoms. The molecule has 0 radical (unpaired) electrons. The minimum atomic E-state index is 0.701. The molecule has 0 aliphatic rings. The Morgan fingerprint density at radius 1 is 1.25 bits per heavy atom. The van der Waals surface area contributed by atoms with Crippen LogP contribution < -0.4 is 15.8 Å². The van der Waals surface area contributed by atoms with Crippen LogP contribution in [0.4, 0.5) is 0 Å².